The molecule has 0 unspecified atom stereocenters. The molecular weight excluding hydrogens is 303 g/mol. The van der Waals surface area contributed by atoms with E-state index < -0.39 is 0 Å². The third-order valence-electron chi connectivity index (χ3n) is 1.08. The number of benzene rings is 1. The van der Waals surface area contributed by atoms with Crippen LogP contribution in [0.5, 0.6) is 0 Å². The van der Waals surface area contributed by atoms with Crippen molar-refractivity contribution in [3.63, 3.8) is 0 Å². The molecule has 0 spiro atoms. The number of hydrogen-bond acceptors (Lipinski definition) is 0. The molecule has 0 saturated carbocycles. The molecule has 0 amide bonds. The molecule has 3 radical (unpaired) electrons. The summed E-state index contributed by atoms with van der Waals surface area (Å²) in [7, 11) is 0. The van der Waals surface area contributed by atoms with Crippen molar-refractivity contribution in [2.45, 2.75) is 0 Å². The van der Waals surface area contributed by atoms with Crippen LogP contribution in [-0.4, -0.2) is 25.8 Å². The molecule has 43 valence electrons. The zero-order valence-electron chi connectivity index (χ0n) is 5.04. The Morgan fingerprint density at radius 1 is 1.11 bits per heavy atom. The summed E-state index contributed by atoms with van der Waals surface area (Å²) in [5, 5.41) is 0. The van der Waals surface area contributed by atoms with Gasteiger partial charge in [-0.2, -0.15) is 0 Å². The molecule has 1 rings (SSSR count). The fourth-order valence-electron chi connectivity index (χ4n) is 0.660. The van der Waals surface area contributed by atoms with Crippen LogP contribution < -0.4 is 0 Å². The van der Waals surface area contributed by atoms with Crippen molar-refractivity contribution in [2.75, 3.05) is 0 Å². The molecule has 0 nitrogen and oxygen atoms in total. The van der Waals surface area contributed by atoms with Crippen LogP contribution in [0.4, 0.5) is 0 Å². The maximum atomic E-state index is 2.18. The first-order valence-corrected chi connectivity index (χ1v) is 5.07. The molecule has 1 aromatic carbocycles. The van der Waals surface area contributed by atoms with Crippen LogP contribution in [0.15, 0.2) is 34.0 Å². The fourth-order valence-corrected chi connectivity index (χ4v) is 1.41. The summed E-state index contributed by atoms with van der Waals surface area (Å²) in [6, 6.07) is 10.3. The summed E-state index contributed by atoms with van der Waals surface area (Å²) in [5.74, 6) is 0. The van der Waals surface area contributed by atoms with E-state index in [9.17, 15) is 0 Å². The summed E-state index contributed by atoms with van der Waals surface area (Å²) in [5.41, 5.74) is 1.30. The maximum absolute atomic E-state index is 2.18. The monoisotopic (exact) mass is 311 g/mol. The third kappa shape index (κ3) is 2.30. The summed E-state index contributed by atoms with van der Waals surface area (Å²) < 4.78 is 2.18. The van der Waals surface area contributed by atoms with Crippen molar-refractivity contribution in [1.29, 1.82) is 0 Å². The van der Waals surface area contributed by atoms with E-state index in [2.05, 4.69) is 34.0 Å². The van der Waals surface area contributed by atoms with Gasteiger partial charge in [-0.3, -0.25) is 0 Å². The van der Waals surface area contributed by atoms with E-state index in [-0.39, 0.29) is 0 Å². The molecule has 0 aliphatic rings. The van der Waals surface area contributed by atoms with Gasteiger partial charge in [-0.05, 0) is 0 Å². The van der Waals surface area contributed by atoms with E-state index in [1.54, 1.807) is 0 Å². The van der Waals surface area contributed by atoms with Crippen molar-refractivity contribution in [3.05, 3.63) is 39.5 Å². The molecule has 1 heteroatoms. The van der Waals surface area contributed by atoms with E-state index in [4.69, 9.17) is 0 Å². The SMILES string of the molecule is [Pb]/[CH]=C/c1ccccc1. The Kier molecular flexibility index (Phi) is 2.97. The van der Waals surface area contributed by atoms with Crippen molar-refractivity contribution < 1.29 is 0 Å². The summed E-state index contributed by atoms with van der Waals surface area (Å²) in [6.45, 7) is 0. The van der Waals surface area contributed by atoms with Gasteiger partial charge in [0.1, 0.15) is 0 Å². The van der Waals surface area contributed by atoms with Gasteiger partial charge in [0, 0.05) is 0 Å². The molecule has 0 aliphatic heterocycles. The van der Waals surface area contributed by atoms with Gasteiger partial charge in [0.15, 0.2) is 0 Å². The van der Waals surface area contributed by atoms with Crippen LogP contribution in [-0.2, 0) is 0 Å². The average Bonchev–Trinajstić information content (AvgIpc) is 1.91. The minimum atomic E-state index is 1.14. The van der Waals surface area contributed by atoms with E-state index in [1.807, 2.05) is 6.07 Å². The molecule has 0 saturated heterocycles. The predicted octanol–water partition coefficient (Wildman–Crippen LogP) is 1.83. The standard InChI is InChI=1S/C8H7.Pb/c1-2-8-6-4-3-5-7-8;/h1-7H;. The quantitative estimate of drug-likeness (QED) is 0.694. The Labute approximate surface area is 71.3 Å². The van der Waals surface area contributed by atoms with Gasteiger partial charge < -0.3 is 0 Å². The van der Waals surface area contributed by atoms with Crippen molar-refractivity contribution >= 4 is 31.8 Å². The molecule has 0 atom stereocenters. The minimum absolute atomic E-state index is 1.14. The van der Waals surface area contributed by atoms with E-state index >= 15 is 0 Å². The number of rotatable bonds is 1. The summed E-state index contributed by atoms with van der Waals surface area (Å²) in [6.07, 6.45) is 2.15. The Morgan fingerprint density at radius 2 is 1.78 bits per heavy atom. The van der Waals surface area contributed by atoms with Crippen LogP contribution in [0, 0.1) is 0 Å². The normalized spacial score (nSPS) is 10.3. The third-order valence-corrected chi connectivity index (χ3v) is 1.72. The molecule has 0 N–H and O–H groups in total. The van der Waals surface area contributed by atoms with E-state index in [1.165, 1.54) is 5.56 Å². The Bertz CT molecular complexity index is 189. The summed E-state index contributed by atoms with van der Waals surface area (Å²) >= 11 is 1.14. The first kappa shape index (κ1) is 6.99. The molecule has 0 heterocycles. The van der Waals surface area contributed by atoms with Gasteiger partial charge in [-0.1, -0.05) is 0 Å². The molecule has 1 aromatic rings. The van der Waals surface area contributed by atoms with Crippen LogP contribution in [0.25, 0.3) is 6.08 Å². The van der Waals surface area contributed by atoms with Crippen LogP contribution in [0.1, 0.15) is 5.56 Å². The van der Waals surface area contributed by atoms with Gasteiger partial charge in [0.05, 0.1) is 0 Å². The van der Waals surface area contributed by atoms with E-state index in [0.717, 1.165) is 25.8 Å². The number of hydrogen-bond donors (Lipinski definition) is 0. The predicted molar refractivity (Wildman–Crippen MR) is 41.2 cm³/mol. The van der Waals surface area contributed by atoms with Crippen LogP contribution in [0.3, 0.4) is 0 Å². The molecule has 9 heavy (non-hydrogen) atoms. The van der Waals surface area contributed by atoms with Gasteiger partial charge in [-0.15, -0.1) is 0 Å². The zero-order chi connectivity index (χ0) is 6.53. The van der Waals surface area contributed by atoms with Crippen molar-refractivity contribution in [2.24, 2.45) is 0 Å². The first-order chi connectivity index (χ1) is 4.43. The second kappa shape index (κ2) is 3.82. The van der Waals surface area contributed by atoms with Crippen LogP contribution >= 0.6 is 0 Å². The van der Waals surface area contributed by atoms with Gasteiger partial charge >= 0.3 is 71.4 Å². The Hall–Kier alpha value is -0.118. The second-order valence-corrected chi connectivity index (χ2v) is 3.04. The van der Waals surface area contributed by atoms with Crippen LogP contribution in [0.2, 0.25) is 0 Å². The summed E-state index contributed by atoms with van der Waals surface area (Å²) in [4.78, 5) is 0. The first-order valence-electron chi connectivity index (χ1n) is 2.82. The molecule has 0 aromatic heterocycles. The second-order valence-electron chi connectivity index (χ2n) is 1.74. The molecule has 0 bridgehead atoms. The topological polar surface area (TPSA) is 0 Å². The molecular formula is C8H7Pb. The van der Waals surface area contributed by atoms with Crippen molar-refractivity contribution in [1.82, 2.24) is 0 Å². The zero-order valence-corrected chi connectivity index (χ0v) is 8.93. The average molecular weight is 310 g/mol. The van der Waals surface area contributed by atoms with Gasteiger partial charge in [0.2, 0.25) is 0 Å². The van der Waals surface area contributed by atoms with Gasteiger partial charge in [0.25, 0.3) is 0 Å². The Morgan fingerprint density at radius 3 is 2.33 bits per heavy atom. The van der Waals surface area contributed by atoms with E-state index in [0.29, 0.717) is 0 Å². The van der Waals surface area contributed by atoms with Gasteiger partial charge in [-0.25, -0.2) is 0 Å². The molecule has 0 fully saturated rings. The Balaban J connectivity index is 2.85. The van der Waals surface area contributed by atoms with Crippen molar-refractivity contribution in [3.8, 4) is 0 Å². The fraction of sp³-hybridized carbons (Fsp3) is 0. The molecule has 0 aliphatic carbocycles.